The van der Waals surface area contributed by atoms with E-state index in [2.05, 4.69) is 25.0 Å². The molecule has 2 heterocycles. The SMILES string of the molecule is C[C@@H](NC(=O)c1cc2ccc(F)cc2[nH]1)c1cncc(OCC(F)(F)F)n1. The Morgan fingerprint density at radius 1 is 1.30 bits per heavy atom. The number of aromatic nitrogens is 3. The number of hydrogen-bond acceptors (Lipinski definition) is 4. The van der Waals surface area contributed by atoms with Crippen molar-refractivity contribution in [2.75, 3.05) is 6.61 Å². The van der Waals surface area contributed by atoms with Crippen molar-refractivity contribution in [3.8, 4) is 5.88 Å². The summed E-state index contributed by atoms with van der Waals surface area (Å²) in [5.74, 6) is -1.22. The van der Waals surface area contributed by atoms with Crippen molar-refractivity contribution >= 4 is 16.8 Å². The van der Waals surface area contributed by atoms with Crippen LogP contribution in [-0.4, -0.2) is 33.6 Å². The average Bonchev–Trinajstić information content (AvgIpc) is 3.03. The quantitative estimate of drug-likeness (QED) is 0.662. The van der Waals surface area contributed by atoms with E-state index in [0.717, 1.165) is 6.20 Å². The lowest BCUT2D eigenvalue weighted by Gasteiger charge is -2.14. The van der Waals surface area contributed by atoms with Crippen molar-refractivity contribution in [2.24, 2.45) is 0 Å². The van der Waals surface area contributed by atoms with E-state index in [0.29, 0.717) is 10.9 Å². The van der Waals surface area contributed by atoms with Crippen LogP contribution in [0.25, 0.3) is 10.9 Å². The lowest BCUT2D eigenvalue weighted by atomic mass is 10.2. The lowest BCUT2D eigenvalue weighted by Crippen LogP contribution is -2.27. The molecule has 3 aromatic rings. The maximum absolute atomic E-state index is 13.2. The second kappa shape index (κ2) is 7.22. The Balaban J connectivity index is 1.70. The fraction of sp³-hybridized carbons (Fsp3) is 0.235. The van der Waals surface area contributed by atoms with Gasteiger partial charge in [0.25, 0.3) is 5.91 Å². The van der Waals surface area contributed by atoms with Crippen molar-refractivity contribution in [1.82, 2.24) is 20.3 Å². The number of carbonyl (C=O) groups excluding carboxylic acids is 1. The van der Waals surface area contributed by atoms with E-state index in [1.54, 1.807) is 13.0 Å². The number of ether oxygens (including phenoxy) is 1. The Kier molecular flexibility index (Phi) is 4.98. The molecule has 0 aliphatic rings. The first-order valence-corrected chi connectivity index (χ1v) is 7.82. The van der Waals surface area contributed by atoms with Gasteiger partial charge >= 0.3 is 6.18 Å². The summed E-state index contributed by atoms with van der Waals surface area (Å²) in [7, 11) is 0. The van der Waals surface area contributed by atoms with Gasteiger partial charge in [-0.3, -0.25) is 9.78 Å². The standard InChI is InChI=1S/C17H14F4N4O2/c1-9(14-6-22-7-15(25-14)27-8-17(19,20)21)23-16(26)13-4-10-2-3-11(18)5-12(10)24-13/h2-7,9,24H,8H2,1H3,(H,23,26)/t9-/m1/s1. The van der Waals surface area contributed by atoms with Gasteiger partial charge in [-0.25, -0.2) is 9.37 Å². The smallest absolute Gasteiger partial charge is 0.422 e. The zero-order chi connectivity index (χ0) is 19.6. The van der Waals surface area contributed by atoms with Gasteiger partial charge in [0.1, 0.15) is 11.5 Å². The van der Waals surface area contributed by atoms with Crippen LogP contribution in [0, 0.1) is 5.82 Å². The molecule has 0 radical (unpaired) electrons. The number of benzene rings is 1. The van der Waals surface area contributed by atoms with Crippen molar-refractivity contribution in [1.29, 1.82) is 0 Å². The number of alkyl halides is 3. The van der Waals surface area contributed by atoms with Crippen molar-refractivity contribution in [3.05, 3.63) is 53.9 Å². The Labute approximate surface area is 150 Å². The van der Waals surface area contributed by atoms with E-state index < -0.39 is 30.5 Å². The molecule has 1 aromatic carbocycles. The summed E-state index contributed by atoms with van der Waals surface area (Å²) in [6.45, 7) is 0.106. The third-order valence-corrected chi connectivity index (χ3v) is 3.64. The van der Waals surface area contributed by atoms with Gasteiger partial charge in [0, 0.05) is 10.9 Å². The normalized spacial score (nSPS) is 12.8. The molecule has 0 saturated heterocycles. The van der Waals surface area contributed by atoms with Crippen LogP contribution >= 0.6 is 0 Å². The van der Waals surface area contributed by atoms with E-state index in [-0.39, 0.29) is 17.3 Å². The predicted molar refractivity (Wildman–Crippen MR) is 87.7 cm³/mol. The Morgan fingerprint density at radius 3 is 2.81 bits per heavy atom. The van der Waals surface area contributed by atoms with Crippen molar-refractivity contribution < 1.29 is 27.1 Å². The van der Waals surface area contributed by atoms with E-state index in [4.69, 9.17) is 0 Å². The van der Waals surface area contributed by atoms with Crippen LogP contribution in [-0.2, 0) is 0 Å². The molecule has 27 heavy (non-hydrogen) atoms. The molecule has 0 aliphatic heterocycles. The number of H-pyrrole nitrogens is 1. The summed E-state index contributed by atoms with van der Waals surface area (Å²) in [5.41, 5.74) is 0.903. The number of amides is 1. The summed E-state index contributed by atoms with van der Waals surface area (Å²) >= 11 is 0. The highest BCUT2D eigenvalue weighted by molar-refractivity contribution is 5.98. The molecule has 0 aliphatic carbocycles. The van der Waals surface area contributed by atoms with Crippen LogP contribution in [0.3, 0.4) is 0 Å². The predicted octanol–water partition coefficient (Wildman–Crippen LogP) is 3.53. The summed E-state index contributed by atoms with van der Waals surface area (Å²) in [4.78, 5) is 22.9. The zero-order valence-electron chi connectivity index (χ0n) is 14.0. The summed E-state index contributed by atoms with van der Waals surface area (Å²) < 4.78 is 54.4. The van der Waals surface area contributed by atoms with Gasteiger partial charge in [-0.2, -0.15) is 13.2 Å². The molecule has 0 spiro atoms. The van der Waals surface area contributed by atoms with E-state index >= 15 is 0 Å². The molecule has 1 amide bonds. The number of hydrogen-bond donors (Lipinski definition) is 2. The fourth-order valence-electron chi connectivity index (χ4n) is 2.37. The topological polar surface area (TPSA) is 79.9 Å². The molecule has 3 rings (SSSR count). The summed E-state index contributed by atoms with van der Waals surface area (Å²) in [6.07, 6.45) is -2.13. The number of nitrogens with one attached hydrogen (secondary N) is 2. The number of rotatable bonds is 5. The van der Waals surface area contributed by atoms with Crippen LogP contribution in [0.5, 0.6) is 5.88 Å². The number of aromatic amines is 1. The van der Waals surface area contributed by atoms with Gasteiger partial charge in [-0.15, -0.1) is 0 Å². The van der Waals surface area contributed by atoms with Crippen LogP contribution in [0.15, 0.2) is 36.7 Å². The van der Waals surface area contributed by atoms with Gasteiger partial charge in [-0.1, -0.05) is 0 Å². The summed E-state index contributed by atoms with van der Waals surface area (Å²) in [5, 5.41) is 3.31. The fourth-order valence-corrected chi connectivity index (χ4v) is 2.37. The third-order valence-electron chi connectivity index (χ3n) is 3.64. The van der Waals surface area contributed by atoms with Crippen LogP contribution in [0.2, 0.25) is 0 Å². The molecule has 0 unspecified atom stereocenters. The highest BCUT2D eigenvalue weighted by Gasteiger charge is 2.28. The molecule has 142 valence electrons. The average molecular weight is 382 g/mol. The number of fused-ring (bicyclic) bond motifs is 1. The molecular weight excluding hydrogens is 368 g/mol. The van der Waals surface area contributed by atoms with Crippen LogP contribution < -0.4 is 10.1 Å². The zero-order valence-corrected chi connectivity index (χ0v) is 14.0. The Bertz CT molecular complexity index is 971. The molecule has 2 aromatic heterocycles. The molecule has 10 heteroatoms. The maximum Gasteiger partial charge on any atom is 0.422 e. The molecular formula is C17H14F4N4O2. The van der Waals surface area contributed by atoms with Crippen molar-refractivity contribution in [2.45, 2.75) is 19.1 Å². The van der Waals surface area contributed by atoms with E-state index in [1.165, 1.54) is 24.4 Å². The number of carbonyl (C=O) groups is 1. The minimum absolute atomic E-state index is 0.208. The molecule has 0 fully saturated rings. The van der Waals surface area contributed by atoms with Crippen LogP contribution in [0.4, 0.5) is 17.6 Å². The molecule has 6 nitrogen and oxygen atoms in total. The van der Waals surface area contributed by atoms with Gasteiger partial charge in [0.05, 0.1) is 24.1 Å². The minimum atomic E-state index is -4.49. The number of halogens is 4. The first kappa shape index (κ1) is 18.6. The maximum atomic E-state index is 13.2. The molecule has 1 atom stereocenters. The molecule has 0 saturated carbocycles. The third kappa shape index (κ3) is 4.72. The first-order chi connectivity index (χ1) is 12.7. The monoisotopic (exact) mass is 382 g/mol. The molecule has 2 N–H and O–H groups in total. The highest BCUT2D eigenvalue weighted by atomic mass is 19.4. The molecule has 0 bridgehead atoms. The van der Waals surface area contributed by atoms with Crippen molar-refractivity contribution in [3.63, 3.8) is 0 Å². The first-order valence-electron chi connectivity index (χ1n) is 7.82. The van der Waals surface area contributed by atoms with Gasteiger partial charge in [-0.05, 0) is 31.2 Å². The van der Waals surface area contributed by atoms with Gasteiger partial charge < -0.3 is 15.0 Å². The second-order valence-corrected chi connectivity index (χ2v) is 5.80. The van der Waals surface area contributed by atoms with Crippen LogP contribution in [0.1, 0.15) is 29.1 Å². The summed E-state index contributed by atoms with van der Waals surface area (Å²) in [6, 6.07) is 4.99. The highest BCUT2D eigenvalue weighted by Crippen LogP contribution is 2.19. The largest absolute Gasteiger partial charge is 0.467 e. The lowest BCUT2D eigenvalue weighted by molar-refractivity contribution is -0.154. The van der Waals surface area contributed by atoms with Gasteiger partial charge in [0.15, 0.2) is 6.61 Å². The minimum Gasteiger partial charge on any atom is -0.467 e. The van der Waals surface area contributed by atoms with Gasteiger partial charge in [0.2, 0.25) is 5.88 Å². The second-order valence-electron chi connectivity index (χ2n) is 5.80. The Morgan fingerprint density at radius 2 is 2.07 bits per heavy atom. The Hall–Kier alpha value is -3.17. The number of nitrogens with zero attached hydrogens (tertiary/aromatic N) is 2. The van der Waals surface area contributed by atoms with E-state index in [1.807, 2.05) is 0 Å². The van der Waals surface area contributed by atoms with E-state index in [9.17, 15) is 22.4 Å².